The molecule has 0 aromatic heterocycles. The fraction of sp³-hybridized carbons (Fsp3) is 0.211. The molecule has 0 spiro atoms. The van der Waals surface area contributed by atoms with E-state index >= 15 is 0 Å². The number of cyclic esters (lactones) is 2. The van der Waals surface area contributed by atoms with Crippen molar-refractivity contribution in [2.45, 2.75) is 25.2 Å². The van der Waals surface area contributed by atoms with Crippen molar-refractivity contribution >= 4 is 29.2 Å². The van der Waals surface area contributed by atoms with E-state index in [2.05, 4.69) is 10.6 Å². The molecule has 1 saturated heterocycles. The number of hydrogen-bond donors (Lipinski definition) is 2. The molecular weight excluding hydrogens is 450 g/mol. The predicted octanol–water partition coefficient (Wildman–Crippen LogP) is 4.16. The molecule has 0 saturated carbocycles. The molecule has 2 aromatic rings. The number of nitrogens with one attached hydrogen (secondary N) is 2. The zero-order valence-corrected chi connectivity index (χ0v) is 15.6. The number of anilines is 2. The lowest BCUT2D eigenvalue weighted by Crippen LogP contribution is -2.37. The fourth-order valence-corrected chi connectivity index (χ4v) is 2.60. The van der Waals surface area contributed by atoms with E-state index in [1.807, 2.05) is 0 Å². The average molecular weight is 462 g/mol. The van der Waals surface area contributed by atoms with E-state index in [1.54, 1.807) is 0 Å². The molecule has 32 heavy (non-hydrogen) atoms. The number of amides is 1. The van der Waals surface area contributed by atoms with Gasteiger partial charge in [0.05, 0.1) is 11.1 Å². The maximum Gasteiger partial charge on any atom is 0.416 e. The molecule has 0 aliphatic carbocycles. The third-order valence-corrected chi connectivity index (χ3v) is 4.04. The van der Waals surface area contributed by atoms with E-state index in [9.17, 15) is 40.7 Å². The van der Waals surface area contributed by atoms with Crippen LogP contribution in [0.25, 0.3) is 0 Å². The van der Waals surface area contributed by atoms with Gasteiger partial charge in [0.2, 0.25) is 0 Å². The topological polar surface area (TPSA) is 93.7 Å². The Morgan fingerprint density at radius 2 is 1.28 bits per heavy atom. The lowest BCUT2D eigenvalue weighted by atomic mass is 10.0. The summed E-state index contributed by atoms with van der Waals surface area (Å²) in [5.41, 5.74) is -3.75. The maximum absolute atomic E-state index is 12.9. The van der Waals surface area contributed by atoms with Crippen LogP contribution in [0.2, 0.25) is 0 Å². The molecule has 13 heteroatoms. The molecule has 2 aromatic carbocycles. The normalized spacial score (nSPS) is 15.1. The monoisotopic (exact) mass is 462 g/mol. The third-order valence-electron chi connectivity index (χ3n) is 4.04. The standard InChI is InChI=1S/C19H12F6N2O5/c20-18(21,22)10-5-9(6-11(7-10)19(23,24)25)16(30)26-12-1-3-13(4-2-12)27-17-31-14(28)8-15(29)32-17/h1-7,17,27H,8H2,(H,26,30). The molecular formula is C19H12F6N2O5. The summed E-state index contributed by atoms with van der Waals surface area (Å²) in [7, 11) is 0. The van der Waals surface area contributed by atoms with Gasteiger partial charge in [-0.3, -0.25) is 14.4 Å². The Hall–Kier alpha value is -3.77. The van der Waals surface area contributed by atoms with Crippen LogP contribution in [0.1, 0.15) is 27.9 Å². The molecule has 2 N–H and O–H groups in total. The van der Waals surface area contributed by atoms with Gasteiger partial charge in [0.15, 0.2) is 0 Å². The van der Waals surface area contributed by atoms with E-state index < -0.39 is 59.7 Å². The zero-order chi connectivity index (χ0) is 23.7. The van der Waals surface area contributed by atoms with Gasteiger partial charge in [-0.15, -0.1) is 0 Å². The van der Waals surface area contributed by atoms with Gasteiger partial charge in [0.1, 0.15) is 6.42 Å². The van der Waals surface area contributed by atoms with E-state index in [0.29, 0.717) is 12.1 Å². The van der Waals surface area contributed by atoms with Crippen molar-refractivity contribution in [3.05, 3.63) is 59.2 Å². The number of halogens is 6. The number of hydrogen-bond acceptors (Lipinski definition) is 6. The largest absolute Gasteiger partial charge is 0.416 e. The average Bonchev–Trinajstić information content (AvgIpc) is 2.67. The van der Waals surface area contributed by atoms with Crippen LogP contribution in [-0.2, 0) is 31.4 Å². The quantitative estimate of drug-likeness (QED) is 0.403. The van der Waals surface area contributed by atoms with Crippen molar-refractivity contribution in [2.75, 3.05) is 10.6 Å². The Morgan fingerprint density at radius 3 is 1.75 bits per heavy atom. The summed E-state index contributed by atoms with van der Waals surface area (Å²) in [4.78, 5) is 34.7. The first-order valence-electron chi connectivity index (χ1n) is 8.68. The van der Waals surface area contributed by atoms with Crippen LogP contribution in [-0.4, -0.2) is 24.3 Å². The molecule has 1 aliphatic heterocycles. The number of alkyl halides is 6. The van der Waals surface area contributed by atoms with Gasteiger partial charge in [-0.2, -0.15) is 26.3 Å². The van der Waals surface area contributed by atoms with Gasteiger partial charge in [0, 0.05) is 16.9 Å². The SMILES string of the molecule is O=C1CC(=O)OC(Nc2ccc(NC(=O)c3cc(C(F)(F)F)cc(C(F)(F)F)c3)cc2)O1. The van der Waals surface area contributed by atoms with Crippen molar-refractivity contribution < 1.29 is 50.2 Å². The van der Waals surface area contributed by atoms with Gasteiger partial charge in [-0.25, -0.2) is 0 Å². The Labute approximate surface area is 175 Å². The number of carbonyl (C=O) groups is 3. The summed E-state index contributed by atoms with van der Waals surface area (Å²) in [6, 6.07) is 5.75. The highest BCUT2D eigenvalue weighted by molar-refractivity contribution is 6.04. The fourth-order valence-electron chi connectivity index (χ4n) is 2.60. The van der Waals surface area contributed by atoms with Gasteiger partial charge >= 0.3 is 30.7 Å². The molecule has 0 bridgehead atoms. The minimum absolute atomic E-state index is 0.0455. The molecule has 0 atom stereocenters. The highest BCUT2D eigenvalue weighted by atomic mass is 19.4. The van der Waals surface area contributed by atoms with Crippen LogP contribution in [0.3, 0.4) is 0 Å². The van der Waals surface area contributed by atoms with Crippen LogP contribution in [0.4, 0.5) is 37.7 Å². The van der Waals surface area contributed by atoms with Crippen LogP contribution in [0.5, 0.6) is 0 Å². The predicted molar refractivity (Wildman–Crippen MR) is 95.1 cm³/mol. The second-order valence-corrected chi connectivity index (χ2v) is 6.46. The van der Waals surface area contributed by atoms with Crippen molar-refractivity contribution in [3.8, 4) is 0 Å². The molecule has 0 unspecified atom stereocenters. The van der Waals surface area contributed by atoms with Crippen molar-refractivity contribution in [1.82, 2.24) is 0 Å². The molecule has 7 nitrogen and oxygen atoms in total. The first-order chi connectivity index (χ1) is 14.8. The maximum atomic E-state index is 12.9. The second-order valence-electron chi connectivity index (χ2n) is 6.46. The Bertz CT molecular complexity index is 1000. The number of rotatable bonds is 4. The lowest BCUT2D eigenvalue weighted by Gasteiger charge is -2.23. The number of ether oxygens (including phenoxy) is 2. The summed E-state index contributed by atoms with van der Waals surface area (Å²) in [5, 5.41) is 4.74. The van der Waals surface area contributed by atoms with E-state index in [4.69, 9.17) is 9.47 Å². The van der Waals surface area contributed by atoms with Crippen molar-refractivity contribution in [3.63, 3.8) is 0 Å². The lowest BCUT2D eigenvalue weighted by molar-refractivity contribution is -0.197. The van der Waals surface area contributed by atoms with E-state index in [0.717, 1.165) is 0 Å². The van der Waals surface area contributed by atoms with Gasteiger partial charge < -0.3 is 20.1 Å². The molecule has 3 rings (SSSR count). The molecule has 1 amide bonds. The molecule has 0 radical (unpaired) electrons. The first-order valence-corrected chi connectivity index (χ1v) is 8.68. The smallest absolute Gasteiger partial charge is 0.406 e. The molecule has 1 aliphatic rings. The van der Waals surface area contributed by atoms with Gasteiger partial charge in [0.25, 0.3) is 5.91 Å². The number of benzene rings is 2. The van der Waals surface area contributed by atoms with Crippen LogP contribution >= 0.6 is 0 Å². The number of carbonyl (C=O) groups excluding carboxylic acids is 3. The highest BCUT2D eigenvalue weighted by Gasteiger charge is 2.37. The Balaban J connectivity index is 1.74. The zero-order valence-electron chi connectivity index (χ0n) is 15.6. The molecule has 170 valence electrons. The van der Waals surface area contributed by atoms with Crippen molar-refractivity contribution in [2.24, 2.45) is 0 Å². The van der Waals surface area contributed by atoms with E-state index in [1.165, 1.54) is 24.3 Å². The number of esters is 2. The van der Waals surface area contributed by atoms with Gasteiger partial charge in [-0.05, 0) is 42.5 Å². The molecule has 1 heterocycles. The van der Waals surface area contributed by atoms with Crippen LogP contribution < -0.4 is 10.6 Å². The third kappa shape index (κ3) is 5.68. The summed E-state index contributed by atoms with van der Waals surface area (Å²) in [6.45, 7) is 0. The summed E-state index contributed by atoms with van der Waals surface area (Å²) in [6.07, 6.45) is -12.1. The summed E-state index contributed by atoms with van der Waals surface area (Å²) in [5.74, 6) is -2.80. The second kappa shape index (κ2) is 8.40. The minimum Gasteiger partial charge on any atom is -0.406 e. The van der Waals surface area contributed by atoms with Crippen LogP contribution in [0, 0.1) is 0 Å². The minimum atomic E-state index is -5.09. The molecule has 1 fully saturated rings. The Kier molecular flexibility index (Phi) is 6.01. The van der Waals surface area contributed by atoms with Crippen LogP contribution in [0.15, 0.2) is 42.5 Å². The van der Waals surface area contributed by atoms with Gasteiger partial charge in [-0.1, -0.05) is 0 Å². The van der Waals surface area contributed by atoms with Crippen molar-refractivity contribution in [1.29, 1.82) is 0 Å². The highest BCUT2D eigenvalue weighted by Crippen LogP contribution is 2.36. The summed E-state index contributed by atoms with van der Waals surface area (Å²) >= 11 is 0. The van der Waals surface area contributed by atoms with E-state index in [-0.39, 0.29) is 17.4 Å². The first kappa shape index (κ1) is 22.9. The Morgan fingerprint density at radius 1 is 0.812 bits per heavy atom. The summed E-state index contributed by atoms with van der Waals surface area (Å²) < 4.78 is 87.1.